The molecule has 7 rings (SSSR count). The van der Waals surface area contributed by atoms with Crippen molar-refractivity contribution in [2.24, 2.45) is 0 Å². The van der Waals surface area contributed by atoms with Gasteiger partial charge >= 0.3 is 0 Å². The van der Waals surface area contributed by atoms with Crippen molar-refractivity contribution in [2.75, 3.05) is 0 Å². The van der Waals surface area contributed by atoms with Crippen molar-refractivity contribution in [1.29, 1.82) is 10.8 Å². The van der Waals surface area contributed by atoms with Crippen molar-refractivity contribution < 1.29 is 0 Å². The summed E-state index contributed by atoms with van der Waals surface area (Å²) in [5.41, 5.74) is 10.4. The van der Waals surface area contributed by atoms with Crippen molar-refractivity contribution in [3.63, 3.8) is 0 Å². The van der Waals surface area contributed by atoms with E-state index in [9.17, 15) is 0 Å². The van der Waals surface area contributed by atoms with Crippen LogP contribution >= 0.6 is 0 Å². The van der Waals surface area contributed by atoms with E-state index in [1.807, 2.05) is 91.3 Å². The van der Waals surface area contributed by atoms with Crippen molar-refractivity contribution in [3.05, 3.63) is 146 Å². The van der Waals surface area contributed by atoms with Crippen LogP contribution in [0.25, 0.3) is 56.2 Å². The summed E-state index contributed by atoms with van der Waals surface area (Å²) >= 11 is 0. The summed E-state index contributed by atoms with van der Waals surface area (Å²) < 4.78 is 0. The Morgan fingerprint density at radius 1 is 0.386 bits per heavy atom. The third-order valence-corrected chi connectivity index (χ3v) is 7.39. The number of allylic oxidation sites excluding steroid dienone is 4. The predicted octanol–water partition coefficient (Wildman–Crippen LogP) is 7.24. The first kappa shape index (κ1) is 26.6. The Kier molecular flexibility index (Phi) is 6.98. The molecule has 0 bridgehead atoms. The molecule has 0 fully saturated rings. The maximum Gasteiger partial charge on any atom is 0.0886 e. The molecule has 6 heterocycles. The lowest BCUT2D eigenvalue weighted by molar-refractivity contribution is 1.24. The summed E-state index contributed by atoms with van der Waals surface area (Å²) in [4.78, 5) is 26.6. The van der Waals surface area contributed by atoms with Gasteiger partial charge in [0.25, 0.3) is 0 Å². The highest BCUT2D eigenvalue weighted by atomic mass is 14.8. The molecule has 6 aromatic heterocycles. The van der Waals surface area contributed by atoms with E-state index in [-0.39, 0.29) is 11.4 Å². The van der Waals surface area contributed by atoms with Gasteiger partial charge in [-0.2, -0.15) is 0 Å². The Bertz CT molecular complexity index is 2030. The average molecular weight is 569 g/mol. The Balaban J connectivity index is 1.10. The molecular weight excluding hydrogens is 544 g/mol. The summed E-state index contributed by atoms with van der Waals surface area (Å²) in [5, 5.41) is 17.1. The molecule has 0 radical (unpaired) electrons. The highest BCUT2D eigenvalue weighted by Crippen LogP contribution is 2.30. The Labute approximate surface area is 253 Å². The SMILES string of the molecule is N=C1C=C(c2ccc(-c3ccc(-c4ccncc4)cn3)nc2)C=C(c2ccc(-c3ccc(-c4ccncc4)cn3)nc2)C1=N. The maximum absolute atomic E-state index is 8.58. The van der Waals surface area contributed by atoms with Gasteiger partial charge < -0.3 is 0 Å². The van der Waals surface area contributed by atoms with E-state index in [4.69, 9.17) is 10.8 Å². The van der Waals surface area contributed by atoms with Crippen LogP contribution < -0.4 is 0 Å². The zero-order valence-electron chi connectivity index (χ0n) is 23.4. The molecule has 0 spiro atoms. The van der Waals surface area contributed by atoms with Gasteiger partial charge in [-0.3, -0.25) is 40.7 Å². The van der Waals surface area contributed by atoms with Crippen LogP contribution in [0.4, 0.5) is 0 Å². The lowest BCUT2D eigenvalue weighted by Crippen LogP contribution is -2.16. The molecule has 2 N–H and O–H groups in total. The number of nitrogens with one attached hydrogen (secondary N) is 2. The first-order chi connectivity index (χ1) is 21.6. The Hall–Kier alpha value is -6.28. The van der Waals surface area contributed by atoms with Crippen LogP contribution in [-0.2, 0) is 0 Å². The van der Waals surface area contributed by atoms with Gasteiger partial charge in [0, 0.05) is 77.4 Å². The lowest BCUT2D eigenvalue weighted by Gasteiger charge is -2.16. The fraction of sp³-hybridized carbons (Fsp3) is 0. The minimum atomic E-state index is 0.132. The first-order valence-electron chi connectivity index (χ1n) is 13.9. The predicted molar refractivity (Wildman–Crippen MR) is 173 cm³/mol. The molecule has 44 heavy (non-hydrogen) atoms. The van der Waals surface area contributed by atoms with E-state index < -0.39 is 0 Å². The van der Waals surface area contributed by atoms with Gasteiger partial charge in [-0.1, -0.05) is 24.3 Å². The van der Waals surface area contributed by atoms with E-state index >= 15 is 0 Å². The molecule has 1 aliphatic rings. The van der Waals surface area contributed by atoms with Gasteiger partial charge in [0.05, 0.1) is 34.2 Å². The Morgan fingerprint density at radius 3 is 1.20 bits per heavy atom. The summed E-state index contributed by atoms with van der Waals surface area (Å²) in [7, 11) is 0. The quantitative estimate of drug-likeness (QED) is 0.204. The zero-order chi connectivity index (χ0) is 29.9. The number of pyridine rings is 6. The zero-order valence-corrected chi connectivity index (χ0v) is 23.4. The van der Waals surface area contributed by atoms with Crippen LogP contribution in [0, 0.1) is 10.8 Å². The second-order valence-corrected chi connectivity index (χ2v) is 10.1. The monoisotopic (exact) mass is 568 g/mol. The van der Waals surface area contributed by atoms with Gasteiger partial charge in [0.2, 0.25) is 0 Å². The molecule has 0 aliphatic heterocycles. The van der Waals surface area contributed by atoms with Crippen LogP contribution in [0.5, 0.6) is 0 Å². The maximum atomic E-state index is 8.58. The minimum Gasteiger partial charge on any atom is -0.299 e. The lowest BCUT2D eigenvalue weighted by atomic mass is 9.89. The number of hydrogen-bond donors (Lipinski definition) is 2. The second kappa shape index (κ2) is 11.5. The van der Waals surface area contributed by atoms with Gasteiger partial charge in [0.1, 0.15) is 0 Å². The third-order valence-electron chi connectivity index (χ3n) is 7.39. The minimum absolute atomic E-state index is 0.132. The van der Waals surface area contributed by atoms with Crippen molar-refractivity contribution in [3.8, 4) is 45.0 Å². The van der Waals surface area contributed by atoms with Crippen LogP contribution in [0.2, 0.25) is 0 Å². The van der Waals surface area contributed by atoms with Gasteiger partial charge in [-0.15, -0.1) is 0 Å². The number of hydrogen-bond acceptors (Lipinski definition) is 8. The molecule has 0 amide bonds. The van der Waals surface area contributed by atoms with Crippen molar-refractivity contribution in [2.45, 2.75) is 0 Å². The summed E-state index contributed by atoms with van der Waals surface area (Å²) in [6.07, 6.45) is 17.8. The molecular formula is C36H24N8. The molecule has 1 aliphatic carbocycles. The molecule has 0 atom stereocenters. The molecule has 8 heteroatoms. The normalized spacial score (nSPS) is 12.9. The summed E-state index contributed by atoms with van der Waals surface area (Å²) in [6, 6.07) is 23.4. The largest absolute Gasteiger partial charge is 0.299 e. The molecule has 0 unspecified atom stereocenters. The highest BCUT2D eigenvalue weighted by Gasteiger charge is 2.19. The van der Waals surface area contributed by atoms with E-state index in [0.717, 1.165) is 61.7 Å². The van der Waals surface area contributed by atoms with Crippen LogP contribution in [0.1, 0.15) is 11.1 Å². The molecule has 0 aromatic carbocycles. The molecule has 0 saturated heterocycles. The second-order valence-electron chi connectivity index (χ2n) is 10.1. The molecule has 208 valence electrons. The highest BCUT2D eigenvalue weighted by molar-refractivity contribution is 6.61. The van der Waals surface area contributed by atoms with Crippen LogP contribution in [0.3, 0.4) is 0 Å². The van der Waals surface area contributed by atoms with Crippen molar-refractivity contribution in [1.82, 2.24) is 29.9 Å². The number of aromatic nitrogens is 6. The van der Waals surface area contributed by atoms with Gasteiger partial charge in [-0.05, 0) is 77.4 Å². The third kappa shape index (κ3) is 5.35. The topological polar surface area (TPSA) is 125 Å². The van der Waals surface area contributed by atoms with E-state index in [2.05, 4.69) is 29.9 Å². The summed E-state index contributed by atoms with van der Waals surface area (Å²) in [6.45, 7) is 0. The average Bonchev–Trinajstić information content (AvgIpc) is 3.10. The first-order valence-corrected chi connectivity index (χ1v) is 13.9. The van der Waals surface area contributed by atoms with Crippen molar-refractivity contribution >= 4 is 22.6 Å². The molecule has 0 saturated carbocycles. The smallest absolute Gasteiger partial charge is 0.0886 e. The fourth-order valence-corrected chi connectivity index (χ4v) is 4.98. The van der Waals surface area contributed by atoms with Gasteiger partial charge in [-0.25, -0.2) is 0 Å². The van der Waals surface area contributed by atoms with E-state index in [1.54, 1.807) is 43.3 Å². The van der Waals surface area contributed by atoms with E-state index in [1.165, 1.54) is 0 Å². The number of rotatable bonds is 6. The fourth-order valence-electron chi connectivity index (χ4n) is 4.98. The van der Waals surface area contributed by atoms with Crippen LogP contribution in [-0.4, -0.2) is 41.3 Å². The number of nitrogens with zero attached hydrogens (tertiary/aromatic N) is 6. The Morgan fingerprint density at radius 2 is 0.795 bits per heavy atom. The van der Waals surface area contributed by atoms with E-state index in [0.29, 0.717) is 5.57 Å². The molecule has 8 nitrogen and oxygen atoms in total. The molecule has 6 aromatic rings. The standard InChI is InChI=1S/C36H24N8/c37-31-18-29(27-3-7-34(43-21-27)32-5-1-25(19-41-32)23-9-13-39-14-10-23)17-30(36(31)38)28-4-8-35(44-22-28)33-6-2-26(20-42-33)24-11-15-40-16-12-24/h1-22,37-38H. The van der Waals surface area contributed by atoms with Crippen LogP contribution in [0.15, 0.2) is 135 Å². The summed E-state index contributed by atoms with van der Waals surface area (Å²) in [5.74, 6) is 0. The van der Waals surface area contributed by atoms with Gasteiger partial charge in [0.15, 0.2) is 0 Å².